The molecule has 4 aromatic carbocycles. The molecule has 4 N–H and O–H groups in total. The Bertz CT molecular complexity index is 2020. The topological polar surface area (TPSA) is 145 Å². The molecule has 2 aliphatic heterocycles. The fraction of sp³-hybridized carbons (Fsp3) is 0.400. The lowest BCUT2D eigenvalue weighted by atomic mass is 9.81. The number of piperidine rings is 1. The van der Waals surface area contributed by atoms with Gasteiger partial charge in [-0.3, -0.25) is 9.69 Å². The monoisotopic (exact) mass is 712 g/mol. The van der Waals surface area contributed by atoms with Gasteiger partial charge in [-0.05, 0) is 73.6 Å². The molecule has 270 valence electrons. The van der Waals surface area contributed by atoms with E-state index in [9.17, 15) is 18.0 Å². The molecule has 2 heterocycles. The van der Waals surface area contributed by atoms with E-state index in [1.165, 1.54) is 6.92 Å². The van der Waals surface area contributed by atoms with E-state index in [1.54, 1.807) is 4.90 Å². The minimum absolute atomic E-state index is 0.0512. The van der Waals surface area contributed by atoms with Crippen LogP contribution in [0, 0.1) is 0 Å². The van der Waals surface area contributed by atoms with Gasteiger partial charge in [0.05, 0.1) is 11.5 Å². The molecule has 0 radical (unpaired) electrons. The van der Waals surface area contributed by atoms with Gasteiger partial charge in [0.1, 0.15) is 12.3 Å². The van der Waals surface area contributed by atoms with Crippen molar-refractivity contribution in [3.8, 4) is 0 Å². The first kappa shape index (κ1) is 36.5. The molecule has 2 saturated heterocycles. The number of sulfonamides is 1. The fourth-order valence-corrected chi connectivity index (χ4v) is 9.15. The number of ketones is 1. The largest absolute Gasteiger partial charge is 0.445 e. The van der Waals surface area contributed by atoms with Gasteiger partial charge in [0.2, 0.25) is 10.0 Å². The number of nitrogens with two attached hydrogens (primary N) is 2. The van der Waals surface area contributed by atoms with E-state index in [1.807, 2.05) is 86.6 Å². The van der Waals surface area contributed by atoms with Gasteiger partial charge in [-0.2, -0.15) is 0 Å². The Balaban J connectivity index is 1.50. The van der Waals surface area contributed by atoms with Crippen LogP contribution in [0.3, 0.4) is 0 Å². The summed E-state index contributed by atoms with van der Waals surface area (Å²) in [6.07, 6.45) is 3.20. The van der Waals surface area contributed by atoms with Crippen LogP contribution in [0.15, 0.2) is 77.7 Å². The molecular weight excluding hydrogens is 665 g/mol. The Morgan fingerprint density at radius 1 is 0.902 bits per heavy atom. The maximum absolute atomic E-state index is 13.8. The van der Waals surface area contributed by atoms with Crippen LogP contribution in [0.5, 0.6) is 0 Å². The smallest absolute Gasteiger partial charge is 0.410 e. The van der Waals surface area contributed by atoms with Crippen molar-refractivity contribution in [3.63, 3.8) is 0 Å². The number of nitrogen functional groups attached to an aromatic ring is 1. The standard InChI is InChI=1S/C40H48N4O6S/c1-4-31-37(41)35-33(36(38(31)51(42,47)48)40(3,44-22-11-12-23-44)50-26-29-16-9-6-10-17-29)20-19-32(34(35)27(2)45)30-18-13-21-43(24-30)39(46)49-25-28-14-7-5-8-15-28/h5-10,14-17,19-20,30H,4,11-13,18,21-26,41H2,1-3H3,(H2,42,47,48). The van der Waals surface area contributed by atoms with Gasteiger partial charge in [0.25, 0.3) is 0 Å². The molecule has 2 unspecified atom stereocenters. The van der Waals surface area contributed by atoms with Crippen LogP contribution in [0.4, 0.5) is 10.5 Å². The molecule has 0 spiro atoms. The number of amides is 1. The second kappa shape index (κ2) is 15.1. The number of likely N-dealkylation sites (tertiary alicyclic amines) is 2. The summed E-state index contributed by atoms with van der Waals surface area (Å²) < 4.78 is 39.8. The Labute approximate surface area is 300 Å². The van der Waals surface area contributed by atoms with E-state index in [4.69, 9.17) is 20.3 Å². The number of hydrogen-bond donors (Lipinski definition) is 2. The molecule has 6 rings (SSSR count). The number of fused-ring (bicyclic) bond motifs is 1. The van der Waals surface area contributed by atoms with E-state index < -0.39 is 21.8 Å². The number of carbonyl (C=O) groups excluding carboxylic acids is 2. The minimum Gasteiger partial charge on any atom is -0.445 e. The Morgan fingerprint density at radius 2 is 1.53 bits per heavy atom. The number of rotatable bonds is 11. The zero-order chi connectivity index (χ0) is 36.3. The zero-order valence-electron chi connectivity index (χ0n) is 29.7. The van der Waals surface area contributed by atoms with Crippen molar-refractivity contribution in [2.75, 3.05) is 31.9 Å². The number of ether oxygens (including phenoxy) is 2. The maximum atomic E-state index is 13.8. The highest BCUT2D eigenvalue weighted by Gasteiger charge is 2.44. The van der Waals surface area contributed by atoms with Crippen LogP contribution in [0.25, 0.3) is 10.8 Å². The second-order valence-electron chi connectivity index (χ2n) is 13.8. The molecule has 0 aliphatic carbocycles. The summed E-state index contributed by atoms with van der Waals surface area (Å²) >= 11 is 0. The van der Waals surface area contributed by atoms with Crippen LogP contribution in [0.1, 0.15) is 90.5 Å². The second-order valence-corrected chi connectivity index (χ2v) is 15.3. The van der Waals surface area contributed by atoms with Gasteiger partial charge in [-0.1, -0.05) is 79.7 Å². The molecule has 10 nitrogen and oxygen atoms in total. The minimum atomic E-state index is -4.32. The van der Waals surface area contributed by atoms with Crippen LogP contribution in [0.2, 0.25) is 0 Å². The summed E-state index contributed by atoms with van der Waals surface area (Å²) in [7, 11) is -4.32. The Hall–Kier alpha value is -4.29. The molecule has 0 aromatic heterocycles. The van der Waals surface area contributed by atoms with E-state index in [0.717, 1.165) is 42.4 Å². The summed E-state index contributed by atoms with van der Waals surface area (Å²) in [5.41, 5.74) is 9.73. The predicted molar refractivity (Wildman–Crippen MR) is 199 cm³/mol. The van der Waals surface area contributed by atoms with Crippen molar-refractivity contribution >= 4 is 38.4 Å². The van der Waals surface area contributed by atoms with Crippen molar-refractivity contribution < 1.29 is 27.5 Å². The number of nitrogens with zero attached hydrogens (tertiary/aromatic N) is 2. The molecule has 51 heavy (non-hydrogen) atoms. The Kier molecular flexibility index (Phi) is 10.8. The highest BCUT2D eigenvalue weighted by atomic mass is 32.2. The molecule has 0 saturated carbocycles. The third kappa shape index (κ3) is 7.39. The molecule has 2 aliphatic rings. The van der Waals surface area contributed by atoms with Crippen molar-refractivity contribution in [3.05, 3.63) is 106 Å². The van der Waals surface area contributed by atoms with Gasteiger partial charge in [-0.25, -0.2) is 18.4 Å². The summed E-state index contributed by atoms with van der Waals surface area (Å²) in [5, 5.41) is 7.08. The van der Waals surface area contributed by atoms with Gasteiger partial charge in [0.15, 0.2) is 5.78 Å². The summed E-state index contributed by atoms with van der Waals surface area (Å²) in [6, 6.07) is 23.0. The first-order chi connectivity index (χ1) is 24.4. The maximum Gasteiger partial charge on any atom is 0.410 e. The summed E-state index contributed by atoms with van der Waals surface area (Å²) in [4.78, 5) is 30.8. The van der Waals surface area contributed by atoms with Crippen LogP contribution in [-0.4, -0.2) is 56.3 Å². The van der Waals surface area contributed by atoms with E-state index in [-0.39, 0.29) is 41.9 Å². The van der Waals surface area contributed by atoms with Crippen molar-refractivity contribution in [2.45, 2.75) is 82.6 Å². The van der Waals surface area contributed by atoms with E-state index >= 15 is 0 Å². The van der Waals surface area contributed by atoms with Crippen LogP contribution in [-0.2, 0) is 44.9 Å². The zero-order valence-corrected chi connectivity index (χ0v) is 30.5. The van der Waals surface area contributed by atoms with Gasteiger partial charge in [0, 0.05) is 54.3 Å². The molecule has 11 heteroatoms. The average Bonchev–Trinajstić information content (AvgIpc) is 3.69. The lowest BCUT2D eigenvalue weighted by Crippen LogP contribution is -2.46. The quantitative estimate of drug-likeness (QED) is 0.127. The lowest BCUT2D eigenvalue weighted by Gasteiger charge is -2.41. The highest BCUT2D eigenvalue weighted by Crippen LogP contribution is 2.47. The number of hydrogen-bond acceptors (Lipinski definition) is 8. The van der Waals surface area contributed by atoms with Crippen molar-refractivity contribution in [1.29, 1.82) is 0 Å². The first-order valence-electron chi connectivity index (χ1n) is 17.8. The number of benzene rings is 4. The van der Waals surface area contributed by atoms with Gasteiger partial charge in [-0.15, -0.1) is 0 Å². The number of Topliss-reactive ketones (excluding diaryl/α,β-unsaturated/α-hetero) is 1. The summed E-state index contributed by atoms with van der Waals surface area (Å²) in [6.45, 7) is 7.95. The fourth-order valence-electron chi connectivity index (χ4n) is 7.97. The number of anilines is 1. The third-order valence-electron chi connectivity index (χ3n) is 10.5. The number of primary sulfonamides is 1. The Morgan fingerprint density at radius 3 is 2.12 bits per heavy atom. The molecule has 0 bridgehead atoms. The molecule has 1 amide bonds. The normalized spacial score (nSPS) is 18.1. The van der Waals surface area contributed by atoms with Crippen molar-refractivity contribution in [2.24, 2.45) is 5.14 Å². The molecule has 2 fully saturated rings. The number of carbonyl (C=O) groups is 2. The average molecular weight is 713 g/mol. The SMILES string of the molecule is CCc1c(S(N)(=O)=O)c(C(C)(OCc2ccccc2)N2CCCC2)c2ccc(C3CCCN(C(=O)OCc4ccccc4)C3)c(C(C)=O)c2c1N. The molecule has 4 aromatic rings. The van der Waals surface area contributed by atoms with Crippen molar-refractivity contribution in [1.82, 2.24) is 9.80 Å². The summed E-state index contributed by atoms with van der Waals surface area (Å²) in [5.74, 6) is -0.369. The van der Waals surface area contributed by atoms with E-state index in [0.29, 0.717) is 53.6 Å². The molecular formula is C40H48N4O6S. The van der Waals surface area contributed by atoms with Gasteiger partial charge < -0.3 is 20.1 Å². The highest BCUT2D eigenvalue weighted by molar-refractivity contribution is 7.89. The predicted octanol–water partition coefficient (Wildman–Crippen LogP) is 6.84. The first-order valence-corrected chi connectivity index (χ1v) is 19.3. The van der Waals surface area contributed by atoms with E-state index in [2.05, 4.69) is 4.90 Å². The lowest BCUT2D eigenvalue weighted by molar-refractivity contribution is -0.153. The van der Waals surface area contributed by atoms with Gasteiger partial charge >= 0.3 is 6.09 Å². The van der Waals surface area contributed by atoms with Crippen LogP contribution >= 0.6 is 0 Å². The third-order valence-corrected chi connectivity index (χ3v) is 11.5. The van der Waals surface area contributed by atoms with Crippen LogP contribution < -0.4 is 10.9 Å². The molecule has 2 atom stereocenters.